The second-order valence-electron chi connectivity index (χ2n) is 7.53. The van der Waals surface area contributed by atoms with Gasteiger partial charge in [-0.1, -0.05) is 0 Å². The van der Waals surface area contributed by atoms with Gasteiger partial charge in [0.25, 0.3) is 0 Å². The zero-order valence-electron chi connectivity index (χ0n) is 18.7. The number of benzene rings is 3. The van der Waals surface area contributed by atoms with E-state index in [1.807, 2.05) is 64.7 Å². The van der Waals surface area contributed by atoms with E-state index in [1.165, 1.54) is 0 Å². The summed E-state index contributed by atoms with van der Waals surface area (Å²) in [6.07, 6.45) is 5.07. The van der Waals surface area contributed by atoms with Gasteiger partial charge in [0.1, 0.15) is 0 Å². The van der Waals surface area contributed by atoms with Crippen LogP contribution in [0.1, 0.15) is 59.7 Å². The summed E-state index contributed by atoms with van der Waals surface area (Å²) < 4.78 is 7.37. The third-order valence-corrected chi connectivity index (χ3v) is 7.66. The second-order valence-corrected chi connectivity index (χ2v) is 10.3. The Morgan fingerprint density at radius 3 is 2.09 bits per heavy atom. The van der Waals surface area contributed by atoms with Crippen LogP contribution in [0.4, 0.5) is 0 Å². The zero-order chi connectivity index (χ0) is 23.3. The van der Waals surface area contributed by atoms with Gasteiger partial charge in [-0.2, -0.15) is 0 Å². The van der Waals surface area contributed by atoms with E-state index in [0.29, 0.717) is 17.5 Å². The molecule has 0 fully saturated rings. The molecule has 3 aromatic carbocycles. The number of rotatable bonds is 12. The SMILES string of the molecule is CCCCCC/C(=C/[I-]OC(=O)c1ccccc1)C(=O)c1ccc(Sc2ccccc2)cc1. The molecule has 5 heteroatoms. The van der Waals surface area contributed by atoms with E-state index in [2.05, 4.69) is 19.1 Å². The third kappa shape index (κ3) is 8.48. The van der Waals surface area contributed by atoms with Gasteiger partial charge in [0.05, 0.1) is 0 Å². The number of halogens is 1. The molecule has 172 valence electrons. The number of carbonyl (C=O) groups excluding carboxylic acids is 2. The fraction of sp³-hybridized carbons (Fsp3) is 0.214. The van der Waals surface area contributed by atoms with Crippen LogP contribution in [0, 0.1) is 0 Å². The Kier molecular flexibility index (Phi) is 10.7. The van der Waals surface area contributed by atoms with Crippen LogP contribution in [0.5, 0.6) is 0 Å². The molecule has 0 aliphatic heterocycles. The van der Waals surface area contributed by atoms with Crippen molar-refractivity contribution in [1.29, 1.82) is 0 Å². The van der Waals surface area contributed by atoms with Gasteiger partial charge in [-0.15, -0.1) is 0 Å². The molecule has 0 unspecified atom stereocenters. The summed E-state index contributed by atoms with van der Waals surface area (Å²) in [4.78, 5) is 27.7. The van der Waals surface area contributed by atoms with Gasteiger partial charge in [0.2, 0.25) is 0 Å². The molecule has 0 heterocycles. The van der Waals surface area contributed by atoms with Crippen molar-refractivity contribution in [3.05, 3.63) is 106 Å². The predicted molar refractivity (Wildman–Crippen MR) is 130 cm³/mol. The molecule has 0 saturated heterocycles. The molecule has 0 saturated carbocycles. The summed E-state index contributed by atoms with van der Waals surface area (Å²) in [5, 5.41) is 0. The van der Waals surface area contributed by atoms with E-state index in [9.17, 15) is 9.59 Å². The number of allylic oxidation sites excluding steroid dienone is 1. The van der Waals surface area contributed by atoms with Crippen molar-refractivity contribution in [2.45, 2.75) is 48.8 Å². The summed E-state index contributed by atoms with van der Waals surface area (Å²) >= 11 is 0.663. The molecule has 3 nitrogen and oxygen atoms in total. The van der Waals surface area contributed by atoms with Gasteiger partial charge in [-0.3, -0.25) is 0 Å². The van der Waals surface area contributed by atoms with Crippen molar-refractivity contribution < 1.29 is 34.3 Å². The summed E-state index contributed by atoms with van der Waals surface area (Å²) in [6.45, 7) is 2.17. The predicted octanol–water partition coefficient (Wildman–Crippen LogP) is 4.74. The molecule has 0 atom stereocenters. The standard InChI is InChI=1S/C28H28IO3S/c1-2-3-4-7-14-24(21-29-32-28(31)23-12-8-5-9-13-23)27(30)22-17-19-26(20-18-22)33-25-15-10-6-11-16-25/h5-6,8-13,15-21H,2-4,7,14H2,1H3/q-1/b24-21-. The van der Waals surface area contributed by atoms with Gasteiger partial charge in [0, 0.05) is 0 Å². The van der Waals surface area contributed by atoms with Crippen molar-refractivity contribution in [3.63, 3.8) is 0 Å². The van der Waals surface area contributed by atoms with Crippen LogP contribution in [-0.4, -0.2) is 11.8 Å². The molecule has 3 aromatic rings. The molecular weight excluding hydrogens is 543 g/mol. The average molecular weight is 572 g/mol. The normalized spacial score (nSPS) is 11.4. The topological polar surface area (TPSA) is 43.4 Å². The molecule has 0 aliphatic carbocycles. The van der Waals surface area contributed by atoms with Gasteiger partial charge < -0.3 is 0 Å². The molecule has 0 N–H and O–H groups in total. The Balaban J connectivity index is 1.66. The number of carbonyl (C=O) groups is 2. The maximum atomic E-state index is 13.2. The second kappa shape index (κ2) is 14.0. The van der Waals surface area contributed by atoms with Crippen molar-refractivity contribution in [1.82, 2.24) is 0 Å². The number of hydrogen-bond acceptors (Lipinski definition) is 4. The van der Waals surface area contributed by atoms with Crippen LogP contribution in [0.25, 0.3) is 0 Å². The molecule has 0 aliphatic rings. The molecule has 0 amide bonds. The van der Waals surface area contributed by atoms with E-state index in [1.54, 1.807) is 23.9 Å². The Hall–Kier alpha value is -2.38. The van der Waals surface area contributed by atoms with Crippen LogP contribution in [0.3, 0.4) is 0 Å². The first-order valence-corrected chi connectivity index (χ1v) is 14.1. The van der Waals surface area contributed by atoms with Crippen LogP contribution in [0.2, 0.25) is 0 Å². The molecule has 0 radical (unpaired) electrons. The fourth-order valence-corrected chi connectivity index (χ4v) is 5.53. The summed E-state index contributed by atoms with van der Waals surface area (Å²) in [5.74, 6) is -0.307. The first-order chi connectivity index (χ1) is 16.2. The zero-order valence-corrected chi connectivity index (χ0v) is 21.7. The maximum absolute atomic E-state index is 13.2. The van der Waals surface area contributed by atoms with E-state index in [0.717, 1.165) is 41.0 Å². The first-order valence-electron chi connectivity index (χ1n) is 11.1. The molecule has 33 heavy (non-hydrogen) atoms. The molecule has 0 aromatic heterocycles. The molecular formula is C28H28IO3S-. The Labute approximate surface area is 211 Å². The number of Topliss-reactive ketones (excluding diaryl/α,β-unsaturated/α-hetero) is 1. The Bertz CT molecular complexity index is 1050. The van der Waals surface area contributed by atoms with Gasteiger partial charge in [0.15, 0.2) is 0 Å². The van der Waals surface area contributed by atoms with Crippen LogP contribution >= 0.6 is 11.8 Å². The van der Waals surface area contributed by atoms with Crippen molar-refractivity contribution in [3.8, 4) is 0 Å². The van der Waals surface area contributed by atoms with Crippen molar-refractivity contribution >= 4 is 23.5 Å². The van der Waals surface area contributed by atoms with Crippen LogP contribution in [-0.2, 0) is 3.07 Å². The molecule has 0 bridgehead atoms. The first kappa shape index (κ1) is 25.2. The fourth-order valence-electron chi connectivity index (χ4n) is 3.18. The number of hydrogen-bond donors (Lipinski definition) is 0. The van der Waals surface area contributed by atoms with E-state index in [4.69, 9.17) is 3.07 Å². The quantitative estimate of drug-likeness (QED) is 0.137. The van der Waals surface area contributed by atoms with E-state index >= 15 is 0 Å². The third-order valence-electron chi connectivity index (χ3n) is 4.99. The van der Waals surface area contributed by atoms with Crippen LogP contribution in [0.15, 0.2) is 104 Å². The average Bonchev–Trinajstić information content (AvgIpc) is 2.86. The van der Waals surface area contributed by atoms with Crippen molar-refractivity contribution in [2.75, 3.05) is 0 Å². The van der Waals surface area contributed by atoms with Gasteiger partial charge in [-0.05, 0) is 0 Å². The minimum absolute atomic E-state index is 0.0261. The minimum atomic E-state index is -1.01. The van der Waals surface area contributed by atoms with E-state index < -0.39 is 21.6 Å². The number of ketones is 1. The monoisotopic (exact) mass is 571 g/mol. The summed E-state index contributed by atoms with van der Waals surface area (Å²) in [7, 11) is 0. The van der Waals surface area contributed by atoms with Crippen LogP contribution < -0.4 is 21.6 Å². The molecule has 0 spiro atoms. The van der Waals surface area contributed by atoms with Gasteiger partial charge >= 0.3 is 212 Å². The Morgan fingerprint density at radius 1 is 0.788 bits per heavy atom. The summed E-state index contributed by atoms with van der Waals surface area (Å²) in [6, 6.07) is 26.9. The molecule has 3 rings (SSSR count). The number of unbranched alkanes of at least 4 members (excludes halogenated alkanes) is 3. The summed E-state index contributed by atoms with van der Waals surface area (Å²) in [5.41, 5.74) is 1.96. The Morgan fingerprint density at radius 2 is 1.42 bits per heavy atom. The van der Waals surface area contributed by atoms with Crippen molar-refractivity contribution in [2.24, 2.45) is 0 Å². The van der Waals surface area contributed by atoms with Gasteiger partial charge in [-0.25, -0.2) is 0 Å². The van der Waals surface area contributed by atoms with E-state index in [-0.39, 0.29) is 11.8 Å².